The molecule has 320 valence electrons. The monoisotopic (exact) mass is 866 g/mol. The lowest BCUT2D eigenvalue weighted by Crippen LogP contribution is -2.16. The molecular weight excluding hydrogens is 821 g/mol. The number of fused-ring (bicyclic) bond motifs is 9. The zero-order valence-electron chi connectivity index (χ0n) is 38.0. The SMILES string of the molecule is C=C=CC1(C)c2ccccc2-c2ccc(-c3c4ccccc4c(-c4cccc5c(N(c6ccccc6)c6ccc(-n7c8ccccc8c8ccccc87)cc6)cccc45)c4cc(C)ccc34)cc21. The number of benzene rings is 11. The molecule has 0 amide bonds. The number of aromatic nitrogens is 1. The van der Waals surface area contributed by atoms with Crippen LogP contribution in [0, 0.1) is 6.92 Å². The van der Waals surface area contributed by atoms with Crippen molar-refractivity contribution in [3.63, 3.8) is 0 Å². The zero-order chi connectivity index (χ0) is 45.5. The molecule has 1 atom stereocenters. The number of nitrogens with zero attached hydrogens (tertiary/aromatic N) is 2. The molecule has 1 aromatic heterocycles. The van der Waals surface area contributed by atoms with E-state index >= 15 is 0 Å². The average molecular weight is 867 g/mol. The van der Waals surface area contributed by atoms with E-state index in [1.807, 2.05) is 0 Å². The van der Waals surface area contributed by atoms with E-state index in [4.69, 9.17) is 0 Å². The van der Waals surface area contributed by atoms with Gasteiger partial charge in [0.05, 0.1) is 16.7 Å². The van der Waals surface area contributed by atoms with E-state index in [-0.39, 0.29) is 5.41 Å². The van der Waals surface area contributed by atoms with Crippen LogP contribution in [0.1, 0.15) is 23.6 Å². The highest BCUT2D eigenvalue weighted by molar-refractivity contribution is 6.24. The van der Waals surface area contributed by atoms with Crippen molar-refractivity contribution in [2.45, 2.75) is 19.3 Å². The molecule has 0 bridgehead atoms. The Hall–Kier alpha value is -8.68. The molecule has 12 aromatic rings. The molecule has 0 N–H and O–H groups in total. The van der Waals surface area contributed by atoms with Crippen LogP contribution in [0.3, 0.4) is 0 Å². The third-order valence-electron chi connectivity index (χ3n) is 14.6. The second kappa shape index (κ2) is 15.5. The summed E-state index contributed by atoms with van der Waals surface area (Å²) >= 11 is 0. The van der Waals surface area contributed by atoms with Crippen molar-refractivity contribution in [1.82, 2.24) is 4.57 Å². The Labute approximate surface area is 396 Å². The van der Waals surface area contributed by atoms with Gasteiger partial charge in [-0.25, -0.2) is 0 Å². The first-order chi connectivity index (χ1) is 33.5. The lowest BCUT2D eigenvalue weighted by Gasteiger charge is -2.28. The zero-order valence-corrected chi connectivity index (χ0v) is 38.0. The fraction of sp³-hybridized carbons (Fsp3) is 0.0455. The molecule has 0 radical (unpaired) electrons. The number of allylic oxidation sites excluding steroid dienone is 1. The van der Waals surface area contributed by atoms with Crippen LogP contribution in [0.4, 0.5) is 17.1 Å². The van der Waals surface area contributed by atoms with Crippen molar-refractivity contribution >= 4 is 71.2 Å². The van der Waals surface area contributed by atoms with Crippen LogP contribution in [0.25, 0.3) is 93.2 Å². The highest BCUT2D eigenvalue weighted by Crippen LogP contribution is 2.53. The van der Waals surface area contributed by atoms with Gasteiger partial charge in [0, 0.05) is 38.6 Å². The number of anilines is 3. The van der Waals surface area contributed by atoms with Crippen molar-refractivity contribution in [3.8, 4) is 39.1 Å². The van der Waals surface area contributed by atoms with Gasteiger partial charge in [-0.1, -0.05) is 176 Å². The van der Waals surface area contributed by atoms with Gasteiger partial charge in [-0.15, -0.1) is 5.73 Å². The summed E-state index contributed by atoms with van der Waals surface area (Å²) in [6, 6.07) is 82.8. The summed E-state index contributed by atoms with van der Waals surface area (Å²) in [4.78, 5) is 2.41. The third kappa shape index (κ3) is 5.92. The maximum absolute atomic E-state index is 4.04. The normalized spacial score (nSPS) is 14.1. The topological polar surface area (TPSA) is 8.17 Å². The van der Waals surface area contributed by atoms with Gasteiger partial charge < -0.3 is 9.47 Å². The number of hydrogen-bond acceptors (Lipinski definition) is 1. The van der Waals surface area contributed by atoms with Crippen LogP contribution in [0.15, 0.2) is 243 Å². The number of para-hydroxylation sites is 3. The Bertz CT molecular complexity index is 4000. The number of aryl methyl sites for hydroxylation is 1. The molecule has 2 nitrogen and oxygen atoms in total. The largest absolute Gasteiger partial charge is 0.310 e. The predicted molar refractivity (Wildman–Crippen MR) is 289 cm³/mol. The van der Waals surface area contributed by atoms with Gasteiger partial charge >= 0.3 is 0 Å². The molecule has 0 aliphatic heterocycles. The molecule has 1 heterocycles. The summed E-state index contributed by atoms with van der Waals surface area (Å²) in [5.74, 6) is 0. The van der Waals surface area contributed by atoms with Gasteiger partial charge in [-0.3, -0.25) is 0 Å². The van der Waals surface area contributed by atoms with E-state index in [0.29, 0.717) is 0 Å². The lowest BCUT2D eigenvalue weighted by molar-refractivity contribution is 0.749. The minimum Gasteiger partial charge on any atom is -0.310 e. The van der Waals surface area contributed by atoms with Crippen LogP contribution in [0.2, 0.25) is 0 Å². The smallest absolute Gasteiger partial charge is 0.0541 e. The predicted octanol–water partition coefficient (Wildman–Crippen LogP) is 18.0. The molecule has 0 fully saturated rings. The first-order valence-corrected chi connectivity index (χ1v) is 23.5. The van der Waals surface area contributed by atoms with Gasteiger partial charge in [0.25, 0.3) is 0 Å². The van der Waals surface area contributed by atoms with E-state index in [0.717, 1.165) is 22.7 Å². The maximum Gasteiger partial charge on any atom is 0.0541 e. The molecule has 0 saturated heterocycles. The Kier molecular flexibility index (Phi) is 9.02. The third-order valence-corrected chi connectivity index (χ3v) is 14.6. The van der Waals surface area contributed by atoms with Crippen LogP contribution < -0.4 is 4.90 Å². The van der Waals surface area contributed by atoms with E-state index in [2.05, 4.69) is 266 Å². The summed E-state index contributed by atoms with van der Waals surface area (Å²) < 4.78 is 2.38. The minimum atomic E-state index is -0.339. The van der Waals surface area contributed by atoms with Crippen LogP contribution >= 0.6 is 0 Å². The molecule has 0 spiro atoms. The van der Waals surface area contributed by atoms with Crippen molar-refractivity contribution in [2.75, 3.05) is 4.90 Å². The molecule has 2 heteroatoms. The van der Waals surface area contributed by atoms with Crippen molar-refractivity contribution < 1.29 is 0 Å². The Morgan fingerprint density at radius 1 is 0.441 bits per heavy atom. The van der Waals surface area contributed by atoms with Crippen molar-refractivity contribution in [2.24, 2.45) is 0 Å². The van der Waals surface area contributed by atoms with Gasteiger partial charge in [0.2, 0.25) is 0 Å². The molecule has 1 unspecified atom stereocenters. The summed E-state index contributed by atoms with van der Waals surface area (Å²) in [6.07, 6.45) is 2.14. The minimum absolute atomic E-state index is 0.339. The second-order valence-electron chi connectivity index (χ2n) is 18.4. The molecule has 1 aliphatic carbocycles. The highest BCUT2D eigenvalue weighted by atomic mass is 15.1. The molecule has 68 heavy (non-hydrogen) atoms. The summed E-state index contributed by atoms with van der Waals surface area (Å²) in [5, 5.41) is 9.85. The fourth-order valence-corrected chi connectivity index (χ4v) is 11.6. The molecule has 0 saturated carbocycles. The summed E-state index contributed by atoms with van der Waals surface area (Å²) in [6.45, 7) is 8.55. The Morgan fingerprint density at radius 3 is 1.76 bits per heavy atom. The summed E-state index contributed by atoms with van der Waals surface area (Å²) in [5.41, 5.74) is 21.0. The molecular formula is C66H46N2. The van der Waals surface area contributed by atoms with Gasteiger partial charge in [0.15, 0.2) is 0 Å². The number of rotatable bonds is 7. The van der Waals surface area contributed by atoms with Crippen molar-refractivity contribution in [1.29, 1.82) is 0 Å². The van der Waals surface area contributed by atoms with Gasteiger partial charge in [0.1, 0.15) is 0 Å². The van der Waals surface area contributed by atoms with E-state index < -0.39 is 0 Å². The van der Waals surface area contributed by atoms with E-state index in [9.17, 15) is 0 Å². The molecule has 13 rings (SSSR count). The molecule has 11 aromatic carbocycles. The lowest BCUT2D eigenvalue weighted by atomic mass is 9.78. The van der Waals surface area contributed by atoms with Gasteiger partial charge in [-0.05, 0) is 152 Å². The van der Waals surface area contributed by atoms with Crippen LogP contribution in [0.5, 0.6) is 0 Å². The van der Waals surface area contributed by atoms with E-state index in [1.165, 1.54) is 104 Å². The standard InChI is InChI=1S/C66H46N2/c1-4-40-66(3)59-28-13-10-20-49(59)50-39-33-44(42-60(50)66)64-55-23-8-9-24-56(55)65(58-41-43(2)32-38-57(58)64)54-27-16-26-51-48(54)25-17-31-61(51)67(45-18-6-5-7-19-45)46-34-36-47(37-35-46)68-62-29-14-11-21-52(62)53-22-12-15-30-63(53)68/h5-42H,1H2,2-3H3. The first-order valence-electron chi connectivity index (χ1n) is 23.5. The first kappa shape index (κ1) is 39.7. The van der Waals surface area contributed by atoms with Gasteiger partial charge in [-0.2, -0.15) is 0 Å². The maximum atomic E-state index is 4.04. The highest BCUT2D eigenvalue weighted by Gasteiger charge is 2.37. The second-order valence-corrected chi connectivity index (χ2v) is 18.4. The fourth-order valence-electron chi connectivity index (χ4n) is 11.6. The molecule has 1 aliphatic rings. The Balaban J connectivity index is 0.999. The quantitative estimate of drug-likeness (QED) is 0.114. The van der Waals surface area contributed by atoms with Crippen molar-refractivity contribution in [3.05, 3.63) is 260 Å². The van der Waals surface area contributed by atoms with Crippen LogP contribution in [-0.4, -0.2) is 4.57 Å². The average Bonchev–Trinajstić information content (AvgIpc) is 3.85. The van der Waals surface area contributed by atoms with Crippen LogP contribution in [-0.2, 0) is 5.41 Å². The number of hydrogen-bond donors (Lipinski definition) is 0. The summed E-state index contributed by atoms with van der Waals surface area (Å²) in [7, 11) is 0. The van der Waals surface area contributed by atoms with E-state index in [1.54, 1.807) is 0 Å². The Morgan fingerprint density at radius 2 is 1.01 bits per heavy atom.